The Morgan fingerprint density at radius 2 is 1.79 bits per heavy atom. The number of alkyl halides is 3. The molecule has 10 heteroatoms. The van der Waals surface area contributed by atoms with E-state index in [1.54, 1.807) is 30.3 Å². The van der Waals surface area contributed by atoms with Crippen molar-refractivity contribution in [3.63, 3.8) is 0 Å². The van der Waals surface area contributed by atoms with Gasteiger partial charge in [0.15, 0.2) is 6.61 Å². The Morgan fingerprint density at radius 3 is 2.50 bits per heavy atom. The number of carbonyl (C=O) groups excluding carboxylic acids is 2. The van der Waals surface area contributed by atoms with E-state index in [1.165, 1.54) is 18.2 Å². The normalized spacial score (nSPS) is 11.4. The molecule has 1 aromatic heterocycles. The summed E-state index contributed by atoms with van der Waals surface area (Å²) in [4.78, 5) is 27.5. The number of imidazole rings is 1. The lowest BCUT2D eigenvalue weighted by atomic mass is 10.3. The number of anilines is 1. The van der Waals surface area contributed by atoms with Crippen molar-refractivity contribution in [3.05, 3.63) is 58.8 Å². The molecule has 1 amide bonds. The number of esters is 1. The maximum atomic E-state index is 13.2. The van der Waals surface area contributed by atoms with Gasteiger partial charge < -0.3 is 14.6 Å². The van der Waals surface area contributed by atoms with Gasteiger partial charge in [-0.1, -0.05) is 24.3 Å². The molecule has 0 bridgehead atoms. The number of ether oxygens (including phenoxy) is 1. The number of nitrogens with zero attached hydrogens (tertiary/aromatic N) is 2. The molecule has 0 aliphatic heterocycles. The van der Waals surface area contributed by atoms with Crippen molar-refractivity contribution in [2.75, 3.05) is 11.9 Å². The molecule has 0 saturated carbocycles. The Labute approximate surface area is 165 Å². The summed E-state index contributed by atoms with van der Waals surface area (Å²) in [6.07, 6.45) is -4.74. The topological polar surface area (TPSA) is 73.2 Å². The van der Waals surface area contributed by atoms with E-state index in [1.807, 2.05) is 0 Å². The van der Waals surface area contributed by atoms with Gasteiger partial charge in [0.1, 0.15) is 6.54 Å². The molecule has 0 aliphatic rings. The third kappa shape index (κ3) is 4.50. The van der Waals surface area contributed by atoms with Gasteiger partial charge >= 0.3 is 12.1 Å². The zero-order valence-corrected chi connectivity index (χ0v) is 15.8. The first kappa shape index (κ1) is 19.9. The minimum Gasteiger partial charge on any atom is -0.454 e. The predicted molar refractivity (Wildman–Crippen MR) is 98.5 cm³/mol. The van der Waals surface area contributed by atoms with E-state index >= 15 is 0 Å². The maximum Gasteiger partial charge on any atom is 0.449 e. The zero-order valence-electron chi connectivity index (χ0n) is 14.2. The molecular formula is C18H13BrF3N3O3. The monoisotopic (exact) mass is 455 g/mol. The Balaban J connectivity index is 1.68. The smallest absolute Gasteiger partial charge is 0.449 e. The maximum absolute atomic E-state index is 13.2. The SMILES string of the molecule is O=C(COC(=O)Cn1c(C(F)(F)F)nc2ccccc21)Nc1ccccc1Br. The fourth-order valence-corrected chi connectivity index (χ4v) is 2.91. The second kappa shape index (κ2) is 8.01. The summed E-state index contributed by atoms with van der Waals surface area (Å²) in [5, 5.41) is 2.53. The van der Waals surface area contributed by atoms with Crippen LogP contribution in [0.15, 0.2) is 53.0 Å². The van der Waals surface area contributed by atoms with Gasteiger partial charge in [0.25, 0.3) is 5.91 Å². The van der Waals surface area contributed by atoms with Crippen LogP contribution in [0.1, 0.15) is 5.82 Å². The van der Waals surface area contributed by atoms with Gasteiger partial charge in [-0.2, -0.15) is 13.2 Å². The molecule has 0 spiro atoms. The molecule has 3 rings (SSSR count). The van der Waals surface area contributed by atoms with Gasteiger partial charge in [-0.05, 0) is 40.2 Å². The molecule has 0 aliphatic carbocycles. The van der Waals surface area contributed by atoms with E-state index in [0.717, 1.165) is 4.57 Å². The molecule has 1 heterocycles. The van der Waals surface area contributed by atoms with Gasteiger partial charge in [0, 0.05) is 4.47 Å². The predicted octanol–water partition coefficient (Wildman–Crippen LogP) is 4.00. The highest BCUT2D eigenvalue weighted by molar-refractivity contribution is 9.10. The fraction of sp³-hybridized carbons (Fsp3) is 0.167. The van der Waals surface area contributed by atoms with Gasteiger partial charge in [-0.3, -0.25) is 9.59 Å². The average Bonchev–Trinajstić information content (AvgIpc) is 3.01. The van der Waals surface area contributed by atoms with E-state index < -0.39 is 37.0 Å². The molecule has 1 N–H and O–H groups in total. The molecule has 3 aromatic rings. The number of para-hydroxylation sites is 3. The second-order valence-corrected chi connectivity index (χ2v) is 6.55. The van der Waals surface area contributed by atoms with Crippen LogP contribution in [0.2, 0.25) is 0 Å². The van der Waals surface area contributed by atoms with Crippen molar-refractivity contribution in [2.24, 2.45) is 0 Å². The van der Waals surface area contributed by atoms with Gasteiger partial charge in [-0.25, -0.2) is 4.98 Å². The van der Waals surface area contributed by atoms with E-state index in [0.29, 0.717) is 10.2 Å². The van der Waals surface area contributed by atoms with E-state index in [2.05, 4.69) is 26.2 Å². The molecular weight excluding hydrogens is 443 g/mol. The molecule has 146 valence electrons. The van der Waals surface area contributed by atoms with E-state index in [4.69, 9.17) is 4.74 Å². The van der Waals surface area contributed by atoms with Gasteiger partial charge in [0.2, 0.25) is 5.82 Å². The summed E-state index contributed by atoms with van der Waals surface area (Å²) in [5.74, 6) is -2.81. The van der Waals surface area contributed by atoms with Crippen LogP contribution in [-0.4, -0.2) is 28.0 Å². The second-order valence-electron chi connectivity index (χ2n) is 5.70. The highest BCUT2D eigenvalue weighted by atomic mass is 79.9. The summed E-state index contributed by atoms with van der Waals surface area (Å²) in [5.41, 5.74) is 0.724. The number of hydrogen-bond donors (Lipinski definition) is 1. The Hall–Kier alpha value is -2.88. The summed E-state index contributed by atoms with van der Waals surface area (Å²) < 4.78 is 45.9. The first-order valence-electron chi connectivity index (χ1n) is 7.98. The molecule has 6 nitrogen and oxygen atoms in total. The van der Waals surface area contributed by atoms with E-state index in [9.17, 15) is 22.8 Å². The summed E-state index contributed by atoms with van der Waals surface area (Å²) in [7, 11) is 0. The lowest BCUT2D eigenvalue weighted by Crippen LogP contribution is -2.25. The molecule has 0 fully saturated rings. The number of aromatic nitrogens is 2. The lowest BCUT2D eigenvalue weighted by molar-refractivity contribution is -0.152. The minimum atomic E-state index is -4.74. The van der Waals surface area contributed by atoms with Crippen molar-refractivity contribution >= 4 is 44.5 Å². The van der Waals surface area contributed by atoms with E-state index in [-0.39, 0.29) is 11.0 Å². The standard InChI is InChI=1S/C18H13BrF3N3O3/c19-11-5-1-2-6-12(11)23-15(26)10-28-16(27)9-25-14-8-4-3-7-13(14)24-17(25)18(20,21)22/h1-8H,9-10H2,(H,23,26). The lowest BCUT2D eigenvalue weighted by Gasteiger charge is -2.11. The van der Waals surface area contributed by atoms with Crippen LogP contribution in [0.3, 0.4) is 0 Å². The number of hydrogen-bond acceptors (Lipinski definition) is 4. The van der Waals surface area contributed by atoms with Gasteiger partial charge in [0.05, 0.1) is 16.7 Å². The Kier molecular flexibility index (Phi) is 5.68. The zero-order chi connectivity index (χ0) is 20.3. The van der Waals surface area contributed by atoms with Gasteiger partial charge in [-0.15, -0.1) is 0 Å². The molecule has 0 saturated heterocycles. The molecule has 2 aromatic carbocycles. The summed E-state index contributed by atoms with van der Waals surface area (Å²) in [6.45, 7) is -1.36. The van der Waals surface area contributed by atoms with Crippen LogP contribution in [0.4, 0.5) is 18.9 Å². The summed E-state index contributed by atoms with van der Waals surface area (Å²) in [6, 6.07) is 12.7. The van der Waals surface area contributed by atoms with Crippen molar-refractivity contribution in [1.29, 1.82) is 0 Å². The third-order valence-electron chi connectivity index (χ3n) is 3.71. The number of benzene rings is 2. The van der Waals surface area contributed by atoms with Crippen LogP contribution in [0.25, 0.3) is 11.0 Å². The van der Waals surface area contributed by atoms with Crippen molar-refractivity contribution in [3.8, 4) is 0 Å². The molecule has 0 unspecified atom stereocenters. The Bertz CT molecular complexity index is 1030. The molecule has 28 heavy (non-hydrogen) atoms. The van der Waals surface area contributed by atoms with Crippen LogP contribution in [0.5, 0.6) is 0 Å². The van der Waals surface area contributed by atoms with Crippen molar-refractivity contribution in [2.45, 2.75) is 12.7 Å². The van der Waals surface area contributed by atoms with Crippen LogP contribution >= 0.6 is 15.9 Å². The average molecular weight is 456 g/mol. The first-order valence-corrected chi connectivity index (χ1v) is 8.77. The van der Waals surface area contributed by atoms with Crippen LogP contribution < -0.4 is 5.32 Å². The number of nitrogens with one attached hydrogen (secondary N) is 1. The highest BCUT2D eigenvalue weighted by Gasteiger charge is 2.38. The van der Waals surface area contributed by atoms with Crippen molar-refractivity contribution in [1.82, 2.24) is 9.55 Å². The quantitative estimate of drug-likeness (QED) is 0.590. The highest BCUT2D eigenvalue weighted by Crippen LogP contribution is 2.31. The number of carbonyl (C=O) groups is 2. The van der Waals surface area contributed by atoms with Crippen LogP contribution in [-0.2, 0) is 27.0 Å². The molecule has 0 atom stereocenters. The summed E-state index contributed by atoms with van der Waals surface area (Å²) >= 11 is 3.25. The number of halogens is 4. The number of amides is 1. The Morgan fingerprint density at radius 1 is 1.11 bits per heavy atom. The number of fused-ring (bicyclic) bond motifs is 1. The largest absolute Gasteiger partial charge is 0.454 e. The molecule has 0 radical (unpaired) electrons. The third-order valence-corrected chi connectivity index (χ3v) is 4.40. The number of rotatable bonds is 5. The fourth-order valence-electron chi connectivity index (χ4n) is 2.52. The first-order chi connectivity index (χ1) is 13.3. The van der Waals surface area contributed by atoms with Crippen molar-refractivity contribution < 1.29 is 27.5 Å². The minimum absolute atomic E-state index is 0.106. The van der Waals surface area contributed by atoms with Crippen LogP contribution in [0, 0.1) is 0 Å².